The number of fused-ring (bicyclic) bond motifs is 1. The van der Waals surface area contributed by atoms with Crippen LogP contribution in [-0.2, 0) is 4.74 Å². The summed E-state index contributed by atoms with van der Waals surface area (Å²) in [6.07, 6.45) is 5.10. The average molecular weight is 246 g/mol. The first-order valence-electron chi connectivity index (χ1n) is 6.40. The van der Waals surface area contributed by atoms with E-state index >= 15 is 0 Å². The molecule has 0 saturated carbocycles. The third-order valence-electron chi connectivity index (χ3n) is 3.58. The zero-order valence-corrected chi connectivity index (χ0v) is 10.8. The Morgan fingerprint density at radius 1 is 1.56 bits per heavy atom. The Bertz CT molecular complexity index is 551. The van der Waals surface area contributed by atoms with Gasteiger partial charge in [0.05, 0.1) is 11.8 Å². The lowest BCUT2D eigenvalue weighted by Crippen LogP contribution is -2.21. The summed E-state index contributed by atoms with van der Waals surface area (Å²) in [4.78, 5) is 4.39. The Kier molecular flexibility index (Phi) is 2.91. The van der Waals surface area contributed by atoms with Gasteiger partial charge in [0, 0.05) is 31.5 Å². The van der Waals surface area contributed by atoms with Crippen molar-refractivity contribution < 1.29 is 4.74 Å². The molecule has 1 aliphatic heterocycles. The number of nitrogens with zero attached hydrogens (tertiary/aromatic N) is 3. The fraction of sp³-hybridized carbons (Fsp3) is 0.538. The van der Waals surface area contributed by atoms with Crippen molar-refractivity contribution in [2.75, 3.05) is 18.5 Å². The van der Waals surface area contributed by atoms with Crippen LogP contribution in [0.25, 0.3) is 5.52 Å². The molecule has 0 spiro atoms. The maximum absolute atomic E-state index is 5.57. The molecule has 3 rings (SSSR count). The molecule has 2 aromatic rings. The molecule has 1 aliphatic rings. The second kappa shape index (κ2) is 4.57. The molecule has 1 N–H and O–H groups in total. The highest BCUT2D eigenvalue weighted by Gasteiger charge is 2.24. The first-order valence-corrected chi connectivity index (χ1v) is 6.40. The van der Waals surface area contributed by atoms with Gasteiger partial charge in [-0.05, 0) is 26.3 Å². The van der Waals surface area contributed by atoms with Gasteiger partial charge in [-0.3, -0.25) is 0 Å². The predicted molar refractivity (Wildman–Crippen MR) is 69.7 cm³/mol. The van der Waals surface area contributed by atoms with E-state index in [0.29, 0.717) is 12.0 Å². The lowest BCUT2D eigenvalue weighted by atomic mass is 10.0. The van der Waals surface area contributed by atoms with Crippen molar-refractivity contribution in [3.8, 4) is 0 Å². The zero-order chi connectivity index (χ0) is 12.5. The molecular weight excluding hydrogens is 228 g/mol. The monoisotopic (exact) mass is 246 g/mol. The Hall–Kier alpha value is -1.62. The highest BCUT2D eigenvalue weighted by atomic mass is 16.5. The fourth-order valence-electron chi connectivity index (χ4n) is 2.45. The molecule has 1 fully saturated rings. The van der Waals surface area contributed by atoms with E-state index in [1.54, 1.807) is 6.20 Å². The third kappa shape index (κ3) is 2.06. The highest BCUT2D eigenvalue weighted by molar-refractivity contribution is 5.67. The van der Waals surface area contributed by atoms with Gasteiger partial charge >= 0.3 is 0 Å². The summed E-state index contributed by atoms with van der Waals surface area (Å²) < 4.78 is 7.43. The van der Waals surface area contributed by atoms with Crippen molar-refractivity contribution in [1.82, 2.24) is 14.6 Å². The molecule has 2 atom stereocenters. The molecule has 3 heterocycles. The topological polar surface area (TPSA) is 51.5 Å². The molecular formula is C13H18N4O. The number of ether oxygens (including phenoxy) is 1. The number of hydrogen-bond acceptors (Lipinski definition) is 4. The van der Waals surface area contributed by atoms with Gasteiger partial charge in [-0.15, -0.1) is 0 Å². The SMILES string of the molecule is Cc1cc2c(NCC3CCOC3C)nccn2n1. The predicted octanol–water partition coefficient (Wildman–Crippen LogP) is 1.87. The van der Waals surface area contributed by atoms with E-state index in [0.717, 1.165) is 36.6 Å². The van der Waals surface area contributed by atoms with Crippen LogP contribution in [0, 0.1) is 12.8 Å². The van der Waals surface area contributed by atoms with Crippen molar-refractivity contribution >= 4 is 11.3 Å². The van der Waals surface area contributed by atoms with E-state index in [2.05, 4.69) is 22.3 Å². The minimum absolute atomic E-state index is 0.337. The van der Waals surface area contributed by atoms with E-state index in [1.807, 2.05) is 23.7 Å². The first-order chi connectivity index (χ1) is 8.74. The first kappa shape index (κ1) is 11.5. The summed E-state index contributed by atoms with van der Waals surface area (Å²) in [5.41, 5.74) is 2.03. The van der Waals surface area contributed by atoms with Crippen LogP contribution in [0.2, 0.25) is 0 Å². The van der Waals surface area contributed by atoms with Crippen LogP contribution in [0.5, 0.6) is 0 Å². The van der Waals surface area contributed by atoms with E-state index in [4.69, 9.17) is 4.74 Å². The van der Waals surface area contributed by atoms with Crippen molar-refractivity contribution in [3.05, 3.63) is 24.2 Å². The number of rotatable bonds is 3. The Balaban J connectivity index is 1.78. The summed E-state index contributed by atoms with van der Waals surface area (Å²) >= 11 is 0. The van der Waals surface area contributed by atoms with E-state index in [9.17, 15) is 0 Å². The molecule has 0 amide bonds. The number of nitrogens with one attached hydrogen (secondary N) is 1. The smallest absolute Gasteiger partial charge is 0.152 e. The van der Waals surface area contributed by atoms with Gasteiger partial charge in [0.25, 0.3) is 0 Å². The van der Waals surface area contributed by atoms with E-state index in [1.165, 1.54) is 0 Å². The molecule has 1 saturated heterocycles. The second-order valence-electron chi connectivity index (χ2n) is 4.90. The Morgan fingerprint density at radius 2 is 2.44 bits per heavy atom. The van der Waals surface area contributed by atoms with Crippen molar-refractivity contribution in [2.24, 2.45) is 5.92 Å². The molecule has 0 aliphatic carbocycles. The normalized spacial score (nSPS) is 23.7. The van der Waals surface area contributed by atoms with Crippen molar-refractivity contribution in [3.63, 3.8) is 0 Å². The van der Waals surface area contributed by atoms with Crippen LogP contribution < -0.4 is 5.32 Å². The third-order valence-corrected chi connectivity index (χ3v) is 3.58. The molecule has 0 bridgehead atoms. The molecule has 2 aromatic heterocycles. The molecule has 5 nitrogen and oxygen atoms in total. The lowest BCUT2D eigenvalue weighted by molar-refractivity contribution is 0.108. The van der Waals surface area contributed by atoms with Gasteiger partial charge in [0.15, 0.2) is 5.82 Å². The van der Waals surface area contributed by atoms with Crippen LogP contribution in [0.4, 0.5) is 5.82 Å². The summed E-state index contributed by atoms with van der Waals surface area (Å²) in [6.45, 7) is 5.90. The number of aryl methyl sites for hydroxylation is 1. The van der Waals surface area contributed by atoms with Crippen LogP contribution in [-0.4, -0.2) is 33.9 Å². The molecule has 96 valence electrons. The maximum atomic E-state index is 5.57. The molecule has 18 heavy (non-hydrogen) atoms. The largest absolute Gasteiger partial charge is 0.378 e. The lowest BCUT2D eigenvalue weighted by Gasteiger charge is -2.15. The molecule has 0 aromatic carbocycles. The quantitative estimate of drug-likeness (QED) is 0.898. The minimum Gasteiger partial charge on any atom is -0.378 e. The van der Waals surface area contributed by atoms with Crippen molar-refractivity contribution in [1.29, 1.82) is 0 Å². The molecule has 5 heteroatoms. The maximum Gasteiger partial charge on any atom is 0.152 e. The number of anilines is 1. The van der Waals surface area contributed by atoms with Gasteiger partial charge in [0.1, 0.15) is 5.52 Å². The van der Waals surface area contributed by atoms with Gasteiger partial charge in [0.2, 0.25) is 0 Å². The number of hydrogen-bond donors (Lipinski definition) is 1. The Morgan fingerprint density at radius 3 is 3.22 bits per heavy atom. The summed E-state index contributed by atoms with van der Waals surface area (Å²) in [5.74, 6) is 1.47. The van der Waals surface area contributed by atoms with Crippen LogP contribution in [0.1, 0.15) is 19.0 Å². The summed E-state index contributed by atoms with van der Waals surface area (Å²) in [5, 5.41) is 7.80. The minimum atomic E-state index is 0.337. The zero-order valence-electron chi connectivity index (χ0n) is 10.8. The molecule has 0 radical (unpaired) electrons. The van der Waals surface area contributed by atoms with Crippen LogP contribution >= 0.6 is 0 Å². The summed E-state index contributed by atoms with van der Waals surface area (Å²) in [7, 11) is 0. The van der Waals surface area contributed by atoms with Gasteiger partial charge in [-0.1, -0.05) is 0 Å². The number of aromatic nitrogens is 3. The van der Waals surface area contributed by atoms with Gasteiger partial charge < -0.3 is 10.1 Å². The van der Waals surface area contributed by atoms with E-state index in [-0.39, 0.29) is 0 Å². The van der Waals surface area contributed by atoms with Gasteiger partial charge in [-0.2, -0.15) is 5.10 Å². The standard InChI is InChI=1S/C13H18N4O/c1-9-7-12-13(14-4-5-17(12)16-9)15-8-11-3-6-18-10(11)2/h4-5,7,10-11H,3,6,8H2,1-2H3,(H,14,15). The molecule has 2 unspecified atom stereocenters. The van der Waals surface area contributed by atoms with Crippen LogP contribution in [0.3, 0.4) is 0 Å². The van der Waals surface area contributed by atoms with Crippen LogP contribution in [0.15, 0.2) is 18.5 Å². The van der Waals surface area contributed by atoms with E-state index < -0.39 is 0 Å². The fourth-order valence-corrected chi connectivity index (χ4v) is 2.45. The Labute approximate surface area is 106 Å². The second-order valence-corrected chi connectivity index (χ2v) is 4.90. The average Bonchev–Trinajstić information content (AvgIpc) is 2.91. The van der Waals surface area contributed by atoms with Crippen molar-refractivity contribution in [2.45, 2.75) is 26.4 Å². The van der Waals surface area contributed by atoms with Gasteiger partial charge in [-0.25, -0.2) is 9.50 Å². The summed E-state index contributed by atoms with van der Waals surface area (Å²) in [6, 6.07) is 2.05. The highest BCUT2D eigenvalue weighted by Crippen LogP contribution is 2.22.